The van der Waals surface area contributed by atoms with Crippen molar-refractivity contribution >= 4 is 33.1 Å². The van der Waals surface area contributed by atoms with Crippen molar-refractivity contribution in [2.45, 2.75) is 13.3 Å². The Morgan fingerprint density at radius 3 is 2.57 bits per heavy atom. The van der Waals surface area contributed by atoms with E-state index >= 15 is 0 Å². The van der Waals surface area contributed by atoms with Gasteiger partial charge in [0, 0.05) is 11.3 Å². The average Bonchev–Trinajstić information content (AvgIpc) is 3.12. The smallest absolute Gasteiger partial charge is 0.228 e. The number of amides is 1. The van der Waals surface area contributed by atoms with E-state index in [0.29, 0.717) is 6.42 Å². The first-order valence-corrected chi connectivity index (χ1v) is 9.83. The van der Waals surface area contributed by atoms with Crippen LogP contribution in [0.5, 0.6) is 5.75 Å². The van der Waals surface area contributed by atoms with Crippen LogP contribution in [-0.4, -0.2) is 18.0 Å². The number of thiazole rings is 1. The van der Waals surface area contributed by atoms with Crippen LogP contribution in [0.1, 0.15) is 11.1 Å². The van der Waals surface area contributed by atoms with E-state index in [9.17, 15) is 4.79 Å². The van der Waals surface area contributed by atoms with Gasteiger partial charge in [-0.25, -0.2) is 4.98 Å². The predicted octanol–water partition coefficient (Wildman–Crippen LogP) is 5.46. The Balaban J connectivity index is 1.48. The van der Waals surface area contributed by atoms with Gasteiger partial charge in [-0.2, -0.15) is 0 Å². The van der Waals surface area contributed by atoms with Crippen LogP contribution >= 0.6 is 11.3 Å². The number of benzene rings is 3. The quantitative estimate of drug-likeness (QED) is 0.494. The second-order valence-corrected chi connectivity index (χ2v) is 7.62. The number of nitrogens with zero attached hydrogens (tertiary/aromatic N) is 1. The van der Waals surface area contributed by atoms with Gasteiger partial charge >= 0.3 is 0 Å². The molecule has 4 nitrogen and oxygen atoms in total. The lowest BCUT2D eigenvalue weighted by Gasteiger charge is -2.09. The van der Waals surface area contributed by atoms with Gasteiger partial charge in [0.05, 0.1) is 23.7 Å². The van der Waals surface area contributed by atoms with E-state index in [1.807, 2.05) is 67.6 Å². The molecule has 1 aromatic heterocycles. The second kappa shape index (κ2) is 7.82. The Morgan fingerprint density at radius 2 is 1.86 bits per heavy atom. The minimum Gasteiger partial charge on any atom is -0.497 e. The Hall–Kier alpha value is -3.18. The summed E-state index contributed by atoms with van der Waals surface area (Å²) in [4.78, 5) is 17.1. The molecule has 0 unspecified atom stereocenters. The maximum absolute atomic E-state index is 12.4. The predicted molar refractivity (Wildman–Crippen MR) is 115 cm³/mol. The van der Waals surface area contributed by atoms with Gasteiger partial charge in [0.2, 0.25) is 5.91 Å². The minimum absolute atomic E-state index is 0.0442. The van der Waals surface area contributed by atoms with Crippen LogP contribution in [0, 0.1) is 6.92 Å². The summed E-state index contributed by atoms with van der Waals surface area (Å²) in [5.41, 5.74) is 4.93. The summed E-state index contributed by atoms with van der Waals surface area (Å²) < 4.78 is 6.32. The molecule has 5 heteroatoms. The summed E-state index contributed by atoms with van der Waals surface area (Å²) in [6, 6.07) is 21.6. The summed E-state index contributed by atoms with van der Waals surface area (Å²) in [7, 11) is 1.63. The summed E-state index contributed by atoms with van der Waals surface area (Å²) in [5.74, 6) is 0.738. The van der Waals surface area contributed by atoms with Gasteiger partial charge in [0.1, 0.15) is 10.8 Å². The van der Waals surface area contributed by atoms with Crippen LogP contribution in [0.3, 0.4) is 0 Å². The summed E-state index contributed by atoms with van der Waals surface area (Å²) in [5, 5.41) is 3.97. The number of ether oxygens (including phenoxy) is 1. The van der Waals surface area contributed by atoms with E-state index in [2.05, 4.69) is 11.4 Å². The van der Waals surface area contributed by atoms with Crippen LogP contribution < -0.4 is 10.1 Å². The van der Waals surface area contributed by atoms with Gasteiger partial charge in [-0.05, 0) is 60.5 Å². The Kier molecular flexibility index (Phi) is 5.08. The first-order chi connectivity index (χ1) is 13.6. The Bertz CT molecular complexity index is 1100. The molecule has 0 spiro atoms. The van der Waals surface area contributed by atoms with Gasteiger partial charge in [0.15, 0.2) is 0 Å². The zero-order valence-corrected chi connectivity index (χ0v) is 16.5. The number of hydrogen-bond acceptors (Lipinski definition) is 4. The molecule has 4 aromatic rings. The number of hydrogen-bond donors (Lipinski definition) is 1. The third-order valence-electron chi connectivity index (χ3n) is 4.56. The second-order valence-electron chi connectivity index (χ2n) is 6.59. The average molecular weight is 388 g/mol. The van der Waals surface area contributed by atoms with E-state index in [0.717, 1.165) is 38.7 Å². The monoisotopic (exact) mass is 388 g/mol. The summed E-state index contributed by atoms with van der Waals surface area (Å²) >= 11 is 1.68. The van der Waals surface area contributed by atoms with E-state index < -0.39 is 0 Å². The molecule has 4 rings (SSSR count). The number of para-hydroxylation sites is 1. The van der Waals surface area contributed by atoms with Crippen molar-refractivity contribution in [1.82, 2.24) is 4.98 Å². The number of fused-ring (bicyclic) bond motifs is 1. The third-order valence-corrected chi connectivity index (χ3v) is 5.63. The Labute approximate surface area is 167 Å². The highest BCUT2D eigenvalue weighted by molar-refractivity contribution is 7.21. The van der Waals surface area contributed by atoms with E-state index in [1.165, 1.54) is 4.70 Å². The molecule has 1 amide bonds. The van der Waals surface area contributed by atoms with Crippen LogP contribution in [-0.2, 0) is 11.2 Å². The third kappa shape index (κ3) is 3.89. The molecule has 140 valence electrons. The molecular formula is C23H20N2O2S. The number of aryl methyl sites for hydroxylation is 1. The van der Waals surface area contributed by atoms with Crippen LogP contribution in [0.25, 0.3) is 20.8 Å². The lowest BCUT2D eigenvalue weighted by atomic mass is 10.1. The highest BCUT2D eigenvalue weighted by Crippen LogP contribution is 2.33. The van der Waals surface area contributed by atoms with Gasteiger partial charge in [-0.3, -0.25) is 4.79 Å². The van der Waals surface area contributed by atoms with Gasteiger partial charge in [-0.15, -0.1) is 11.3 Å². The van der Waals surface area contributed by atoms with Crippen LogP contribution in [0.4, 0.5) is 5.69 Å². The SMILES string of the molecule is COc1ccc(CC(=O)Nc2ccc(-c3nc4ccccc4s3)c(C)c2)cc1. The number of carbonyl (C=O) groups is 1. The largest absolute Gasteiger partial charge is 0.497 e. The topological polar surface area (TPSA) is 51.2 Å². The fraction of sp³-hybridized carbons (Fsp3) is 0.130. The molecule has 28 heavy (non-hydrogen) atoms. The molecule has 0 radical (unpaired) electrons. The molecule has 0 atom stereocenters. The molecule has 0 saturated heterocycles. The number of anilines is 1. The number of rotatable bonds is 5. The molecule has 0 bridgehead atoms. The molecule has 0 fully saturated rings. The van der Waals surface area contributed by atoms with Crippen molar-refractivity contribution in [3.63, 3.8) is 0 Å². The minimum atomic E-state index is -0.0442. The van der Waals surface area contributed by atoms with Crippen molar-refractivity contribution in [3.8, 4) is 16.3 Å². The number of aromatic nitrogens is 1. The number of methoxy groups -OCH3 is 1. The molecule has 1 heterocycles. The highest BCUT2D eigenvalue weighted by atomic mass is 32.1. The van der Waals surface area contributed by atoms with E-state index in [-0.39, 0.29) is 5.91 Å². The Morgan fingerprint density at radius 1 is 1.07 bits per heavy atom. The fourth-order valence-corrected chi connectivity index (χ4v) is 4.16. The summed E-state index contributed by atoms with van der Waals surface area (Å²) in [6.45, 7) is 2.04. The van der Waals surface area contributed by atoms with Crippen molar-refractivity contribution < 1.29 is 9.53 Å². The first kappa shape index (κ1) is 18.2. The number of carbonyl (C=O) groups excluding carboxylic acids is 1. The van der Waals surface area contributed by atoms with Crippen LogP contribution in [0.2, 0.25) is 0 Å². The molecular weight excluding hydrogens is 368 g/mol. The van der Waals surface area contributed by atoms with Gasteiger partial charge < -0.3 is 10.1 Å². The van der Waals surface area contributed by atoms with Crippen LogP contribution in [0.15, 0.2) is 66.7 Å². The fourth-order valence-electron chi connectivity index (χ4n) is 3.10. The molecule has 0 saturated carbocycles. The maximum atomic E-state index is 12.4. The first-order valence-electron chi connectivity index (χ1n) is 9.02. The van der Waals surface area contributed by atoms with Crippen molar-refractivity contribution in [2.75, 3.05) is 12.4 Å². The maximum Gasteiger partial charge on any atom is 0.228 e. The molecule has 1 N–H and O–H groups in total. The molecule has 0 aliphatic heterocycles. The highest BCUT2D eigenvalue weighted by Gasteiger charge is 2.10. The van der Waals surface area contributed by atoms with Crippen molar-refractivity contribution in [2.24, 2.45) is 0 Å². The van der Waals surface area contributed by atoms with Crippen molar-refractivity contribution in [1.29, 1.82) is 0 Å². The van der Waals surface area contributed by atoms with Gasteiger partial charge in [-0.1, -0.05) is 24.3 Å². The van der Waals surface area contributed by atoms with Crippen molar-refractivity contribution in [3.05, 3.63) is 77.9 Å². The summed E-state index contributed by atoms with van der Waals surface area (Å²) in [6.07, 6.45) is 0.322. The molecule has 0 aliphatic rings. The standard InChI is InChI=1S/C23H20N2O2S/c1-15-13-17(24-22(26)14-16-7-10-18(27-2)11-8-16)9-12-19(15)23-25-20-5-3-4-6-21(20)28-23/h3-13H,14H2,1-2H3,(H,24,26). The molecule has 3 aromatic carbocycles. The lowest BCUT2D eigenvalue weighted by molar-refractivity contribution is -0.115. The molecule has 0 aliphatic carbocycles. The number of nitrogens with one attached hydrogen (secondary N) is 1. The zero-order valence-electron chi connectivity index (χ0n) is 15.7. The van der Waals surface area contributed by atoms with E-state index in [4.69, 9.17) is 9.72 Å². The van der Waals surface area contributed by atoms with Gasteiger partial charge in [0.25, 0.3) is 0 Å². The zero-order chi connectivity index (χ0) is 19.5. The van der Waals surface area contributed by atoms with E-state index in [1.54, 1.807) is 18.4 Å². The lowest BCUT2D eigenvalue weighted by Crippen LogP contribution is -2.14. The normalized spacial score (nSPS) is 10.8.